The van der Waals surface area contributed by atoms with Gasteiger partial charge in [0.05, 0.1) is 19.8 Å². The highest BCUT2D eigenvalue weighted by Crippen LogP contribution is 2.16. The number of hydrogen-bond acceptors (Lipinski definition) is 4. The van der Waals surface area contributed by atoms with Crippen molar-refractivity contribution in [1.29, 1.82) is 0 Å². The molecule has 2 aromatic rings. The monoisotopic (exact) mass is 410 g/mol. The molecule has 0 aliphatic carbocycles. The maximum atomic E-state index is 5.87. The van der Waals surface area contributed by atoms with E-state index in [9.17, 15) is 0 Å². The summed E-state index contributed by atoms with van der Waals surface area (Å²) >= 11 is 0. The third kappa shape index (κ3) is 7.04. The van der Waals surface area contributed by atoms with E-state index in [0.29, 0.717) is 13.2 Å². The third-order valence-electron chi connectivity index (χ3n) is 5.14. The molecule has 0 radical (unpaired) electrons. The first-order valence-corrected chi connectivity index (χ1v) is 10.7. The number of morpholine rings is 1. The van der Waals surface area contributed by atoms with Gasteiger partial charge >= 0.3 is 0 Å². The average molecular weight is 411 g/mol. The van der Waals surface area contributed by atoms with Gasteiger partial charge in [-0.25, -0.2) is 0 Å². The van der Waals surface area contributed by atoms with Crippen molar-refractivity contribution in [3.8, 4) is 5.75 Å². The van der Waals surface area contributed by atoms with Crippen LogP contribution in [-0.2, 0) is 17.8 Å². The van der Waals surface area contributed by atoms with Gasteiger partial charge in [0, 0.05) is 33.2 Å². The summed E-state index contributed by atoms with van der Waals surface area (Å²) in [6.45, 7) is 10.7. The van der Waals surface area contributed by atoms with E-state index in [1.54, 1.807) is 7.05 Å². The molecule has 1 aliphatic heterocycles. The summed E-state index contributed by atoms with van der Waals surface area (Å²) in [6.07, 6.45) is 0. The zero-order valence-corrected chi connectivity index (χ0v) is 18.4. The summed E-state index contributed by atoms with van der Waals surface area (Å²) in [5, 5.41) is 6.75. The first-order valence-electron chi connectivity index (χ1n) is 10.7. The normalized spacial score (nSPS) is 15.1. The summed E-state index contributed by atoms with van der Waals surface area (Å²) in [4.78, 5) is 6.78. The molecular formula is C24H34N4O2. The van der Waals surface area contributed by atoms with Crippen LogP contribution in [0.4, 0.5) is 0 Å². The summed E-state index contributed by atoms with van der Waals surface area (Å²) in [5.41, 5.74) is 5.07. The second kappa shape index (κ2) is 11.6. The third-order valence-corrected chi connectivity index (χ3v) is 5.14. The van der Waals surface area contributed by atoms with Crippen molar-refractivity contribution in [3.05, 3.63) is 64.7 Å². The number of benzene rings is 2. The van der Waals surface area contributed by atoms with Crippen molar-refractivity contribution in [1.82, 2.24) is 15.5 Å². The van der Waals surface area contributed by atoms with Crippen LogP contribution in [0.15, 0.2) is 47.5 Å². The standard InChI is InChI=1S/C24H34N4O2/c1-19-14-20(2)16-23(15-19)30-11-8-26-24(25-3)27-17-21-6-4-5-7-22(21)18-28-9-12-29-13-10-28/h4-7,14-16H,8-13,17-18H2,1-3H3,(H2,25,26,27). The van der Waals surface area contributed by atoms with Gasteiger partial charge in [-0.1, -0.05) is 30.3 Å². The molecule has 1 heterocycles. The highest BCUT2D eigenvalue weighted by molar-refractivity contribution is 5.79. The second-order valence-corrected chi connectivity index (χ2v) is 7.68. The van der Waals surface area contributed by atoms with Gasteiger partial charge in [0.1, 0.15) is 12.4 Å². The minimum atomic E-state index is 0.581. The minimum Gasteiger partial charge on any atom is -0.492 e. The Balaban J connectivity index is 1.45. The predicted octanol–water partition coefficient (Wildman–Crippen LogP) is 2.88. The van der Waals surface area contributed by atoms with Crippen LogP contribution in [0.3, 0.4) is 0 Å². The van der Waals surface area contributed by atoms with Crippen LogP contribution in [0.5, 0.6) is 5.75 Å². The number of nitrogens with one attached hydrogen (secondary N) is 2. The molecule has 1 saturated heterocycles. The largest absolute Gasteiger partial charge is 0.492 e. The van der Waals surface area contributed by atoms with E-state index in [0.717, 1.165) is 51.1 Å². The van der Waals surface area contributed by atoms with Crippen molar-refractivity contribution in [2.45, 2.75) is 26.9 Å². The Bertz CT molecular complexity index is 811. The van der Waals surface area contributed by atoms with E-state index < -0.39 is 0 Å². The van der Waals surface area contributed by atoms with Crippen LogP contribution in [0, 0.1) is 13.8 Å². The summed E-state index contributed by atoms with van der Waals surface area (Å²) < 4.78 is 11.3. The Labute approximate surface area is 180 Å². The highest BCUT2D eigenvalue weighted by atomic mass is 16.5. The molecule has 0 aromatic heterocycles. The minimum absolute atomic E-state index is 0.581. The van der Waals surface area contributed by atoms with Gasteiger partial charge in [-0.15, -0.1) is 0 Å². The molecule has 0 bridgehead atoms. The topological polar surface area (TPSA) is 58.1 Å². The molecular weight excluding hydrogens is 376 g/mol. The van der Waals surface area contributed by atoms with Gasteiger partial charge in [0.2, 0.25) is 0 Å². The highest BCUT2D eigenvalue weighted by Gasteiger charge is 2.12. The average Bonchev–Trinajstić information content (AvgIpc) is 2.74. The van der Waals surface area contributed by atoms with E-state index in [1.807, 2.05) is 0 Å². The smallest absolute Gasteiger partial charge is 0.191 e. The molecule has 0 spiro atoms. The van der Waals surface area contributed by atoms with Crippen LogP contribution in [0.1, 0.15) is 22.3 Å². The first kappa shape index (κ1) is 22.1. The van der Waals surface area contributed by atoms with Crippen molar-refractivity contribution >= 4 is 5.96 Å². The molecule has 6 nitrogen and oxygen atoms in total. The number of rotatable bonds is 8. The van der Waals surface area contributed by atoms with E-state index in [2.05, 4.69) is 76.8 Å². The van der Waals surface area contributed by atoms with E-state index in [1.165, 1.54) is 22.3 Å². The van der Waals surface area contributed by atoms with Gasteiger partial charge in [0.25, 0.3) is 0 Å². The summed E-state index contributed by atoms with van der Waals surface area (Å²) in [5.74, 6) is 1.69. The second-order valence-electron chi connectivity index (χ2n) is 7.68. The molecule has 1 fully saturated rings. The maximum absolute atomic E-state index is 5.87. The van der Waals surface area contributed by atoms with Crippen molar-refractivity contribution in [2.24, 2.45) is 4.99 Å². The predicted molar refractivity (Wildman–Crippen MR) is 122 cm³/mol. The van der Waals surface area contributed by atoms with Crippen LogP contribution in [0.25, 0.3) is 0 Å². The number of aliphatic imine (C=N–C) groups is 1. The van der Waals surface area contributed by atoms with Gasteiger partial charge in [-0.3, -0.25) is 9.89 Å². The van der Waals surface area contributed by atoms with E-state index in [-0.39, 0.29) is 0 Å². The van der Waals surface area contributed by atoms with Gasteiger partial charge in [-0.2, -0.15) is 0 Å². The molecule has 0 amide bonds. The van der Waals surface area contributed by atoms with E-state index in [4.69, 9.17) is 9.47 Å². The quantitative estimate of drug-likeness (QED) is 0.398. The first-order chi connectivity index (χ1) is 14.6. The van der Waals surface area contributed by atoms with Crippen molar-refractivity contribution in [2.75, 3.05) is 46.5 Å². The fraction of sp³-hybridized carbons (Fsp3) is 0.458. The Morgan fingerprint density at radius 1 is 1.03 bits per heavy atom. The zero-order valence-electron chi connectivity index (χ0n) is 18.4. The number of nitrogens with zero attached hydrogens (tertiary/aromatic N) is 2. The van der Waals surface area contributed by atoms with Crippen LogP contribution >= 0.6 is 0 Å². The lowest BCUT2D eigenvalue weighted by Gasteiger charge is -2.27. The zero-order chi connectivity index (χ0) is 21.2. The van der Waals surface area contributed by atoms with E-state index >= 15 is 0 Å². The SMILES string of the molecule is CN=C(NCCOc1cc(C)cc(C)c1)NCc1ccccc1CN1CCOCC1. The fourth-order valence-electron chi connectivity index (χ4n) is 3.64. The van der Waals surface area contributed by atoms with Crippen LogP contribution in [0.2, 0.25) is 0 Å². The molecule has 0 saturated carbocycles. The van der Waals surface area contributed by atoms with Crippen molar-refractivity contribution < 1.29 is 9.47 Å². The molecule has 2 N–H and O–H groups in total. The lowest BCUT2D eigenvalue weighted by atomic mass is 10.1. The van der Waals surface area contributed by atoms with Gasteiger partial charge < -0.3 is 20.1 Å². The van der Waals surface area contributed by atoms with Crippen LogP contribution < -0.4 is 15.4 Å². The molecule has 162 valence electrons. The maximum Gasteiger partial charge on any atom is 0.191 e. The molecule has 6 heteroatoms. The number of guanidine groups is 1. The lowest BCUT2D eigenvalue weighted by Crippen LogP contribution is -2.39. The summed E-state index contributed by atoms with van der Waals surface area (Å²) in [7, 11) is 1.79. The molecule has 1 aliphatic rings. The molecule has 0 unspecified atom stereocenters. The Hall–Kier alpha value is -2.57. The Morgan fingerprint density at radius 2 is 1.73 bits per heavy atom. The fourth-order valence-corrected chi connectivity index (χ4v) is 3.64. The number of aryl methyl sites for hydroxylation is 2. The van der Waals surface area contributed by atoms with Crippen LogP contribution in [-0.4, -0.2) is 57.4 Å². The Kier molecular flexibility index (Phi) is 8.53. The number of ether oxygens (including phenoxy) is 2. The summed E-state index contributed by atoms with van der Waals surface area (Å²) in [6, 6.07) is 14.9. The lowest BCUT2D eigenvalue weighted by molar-refractivity contribution is 0.0341. The van der Waals surface area contributed by atoms with Crippen molar-refractivity contribution in [3.63, 3.8) is 0 Å². The molecule has 30 heavy (non-hydrogen) atoms. The van der Waals surface area contributed by atoms with Gasteiger partial charge in [0.15, 0.2) is 5.96 Å². The van der Waals surface area contributed by atoms with Gasteiger partial charge in [-0.05, 0) is 48.2 Å². The number of hydrogen-bond donors (Lipinski definition) is 2. The molecule has 2 aromatic carbocycles. The Morgan fingerprint density at radius 3 is 2.43 bits per heavy atom. The molecule has 0 atom stereocenters. The molecule has 3 rings (SSSR count).